The van der Waals surface area contributed by atoms with Gasteiger partial charge in [0.2, 0.25) is 0 Å². The highest BCUT2D eigenvalue weighted by Gasteiger charge is 2.01. The summed E-state index contributed by atoms with van der Waals surface area (Å²) in [6, 6.07) is 10.2. The van der Waals surface area contributed by atoms with E-state index in [-0.39, 0.29) is 6.04 Å². The molecule has 0 fully saturated rings. The highest BCUT2D eigenvalue weighted by atomic mass is 14.8. The van der Waals surface area contributed by atoms with Gasteiger partial charge in [-0.2, -0.15) is 0 Å². The molecule has 2 nitrogen and oxygen atoms in total. The first-order valence-electron chi connectivity index (χ1n) is 4.37. The van der Waals surface area contributed by atoms with Crippen molar-refractivity contribution in [1.29, 1.82) is 0 Å². The molecule has 2 aromatic rings. The molecule has 1 atom stereocenters. The topological polar surface area (TPSA) is 38.9 Å². The molecule has 0 amide bonds. The summed E-state index contributed by atoms with van der Waals surface area (Å²) in [6.07, 6.45) is 1.87. The Hall–Kier alpha value is -1.41. The smallest absolute Gasteiger partial charge is 0.0574 e. The first kappa shape index (κ1) is 8.20. The van der Waals surface area contributed by atoms with Crippen LogP contribution in [0.2, 0.25) is 0 Å². The lowest BCUT2D eigenvalue weighted by atomic mass is 10.1. The molecule has 0 bridgehead atoms. The van der Waals surface area contributed by atoms with Crippen molar-refractivity contribution >= 4 is 10.8 Å². The summed E-state index contributed by atoms with van der Waals surface area (Å²) in [5.41, 5.74) is 6.69. The van der Waals surface area contributed by atoms with Crippen molar-refractivity contribution in [1.82, 2.24) is 4.98 Å². The highest BCUT2D eigenvalue weighted by Crippen LogP contribution is 2.15. The monoisotopic (exact) mass is 172 g/mol. The van der Waals surface area contributed by atoms with E-state index in [4.69, 9.17) is 5.73 Å². The second kappa shape index (κ2) is 3.15. The van der Waals surface area contributed by atoms with Gasteiger partial charge in [-0.25, -0.2) is 0 Å². The van der Waals surface area contributed by atoms with E-state index in [1.54, 1.807) is 0 Å². The molecule has 1 aromatic carbocycles. The molecular formula is C11H12N2. The van der Waals surface area contributed by atoms with Gasteiger partial charge in [-0.05, 0) is 18.4 Å². The minimum atomic E-state index is 0.00426. The number of aromatic nitrogens is 1. The highest BCUT2D eigenvalue weighted by molar-refractivity contribution is 5.81. The third kappa shape index (κ3) is 1.53. The number of rotatable bonds is 1. The van der Waals surface area contributed by atoms with E-state index in [2.05, 4.69) is 11.1 Å². The van der Waals surface area contributed by atoms with Crippen molar-refractivity contribution in [2.45, 2.75) is 13.0 Å². The molecule has 66 valence electrons. The maximum absolute atomic E-state index is 5.74. The van der Waals surface area contributed by atoms with E-state index >= 15 is 0 Å². The molecule has 0 aliphatic rings. The first-order valence-corrected chi connectivity index (χ1v) is 4.37. The summed E-state index contributed by atoms with van der Waals surface area (Å²) in [6.45, 7) is 1.94. The van der Waals surface area contributed by atoms with Gasteiger partial charge in [0.05, 0.1) is 5.69 Å². The molecule has 0 aliphatic carbocycles. The zero-order chi connectivity index (χ0) is 9.26. The molecule has 0 saturated carbocycles. The normalized spacial score (nSPS) is 13.1. The van der Waals surface area contributed by atoms with Gasteiger partial charge in [0.1, 0.15) is 0 Å². The minimum absolute atomic E-state index is 0.00426. The Kier molecular flexibility index (Phi) is 1.99. The van der Waals surface area contributed by atoms with Crippen LogP contribution in [0.1, 0.15) is 18.7 Å². The van der Waals surface area contributed by atoms with Gasteiger partial charge in [-0.15, -0.1) is 0 Å². The molecule has 0 spiro atoms. The van der Waals surface area contributed by atoms with Gasteiger partial charge in [0, 0.05) is 17.6 Å². The van der Waals surface area contributed by atoms with Crippen LogP contribution in [0.4, 0.5) is 0 Å². The van der Waals surface area contributed by atoms with E-state index < -0.39 is 0 Å². The third-order valence-electron chi connectivity index (χ3n) is 2.12. The Morgan fingerprint density at radius 1 is 1.23 bits per heavy atom. The van der Waals surface area contributed by atoms with Crippen LogP contribution in [0.15, 0.2) is 36.5 Å². The van der Waals surface area contributed by atoms with E-state index in [0.717, 1.165) is 11.1 Å². The molecule has 0 radical (unpaired) electrons. The quantitative estimate of drug-likeness (QED) is 0.716. The number of pyridine rings is 1. The molecule has 1 heterocycles. The van der Waals surface area contributed by atoms with Crippen LogP contribution in [-0.4, -0.2) is 4.98 Å². The molecule has 0 aliphatic heterocycles. The summed E-state index contributed by atoms with van der Waals surface area (Å²) < 4.78 is 0. The minimum Gasteiger partial charge on any atom is -0.323 e. The number of nitrogens with two attached hydrogens (primary N) is 1. The van der Waals surface area contributed by atoms with Crippen LogP contribution in [0.25, 0.3) is 10.8 Å². The molecule has 0 unspecified atom stereocenters. The van der Waals surface area contributed by atoms with Crippen LogP contribution >= 0.6 is 0 Å². The van der Waals surface area contributed by atoms with Crippen molar-refractivity contribution in [2.75, 3.05) is 0 Å². The van der Waals surface area contributed by atoms with Gasteiger partial charge in [0.25, 0.3) is 0 Å². The molecule has 2 rings (SSSR count). The molecular weight excluding hydrogens is 160 g/mol. The average Bonchev–Trinajstić information content (AvgIpc) is 2.17. The molecule has 0 saturated heterocycles. The van der Waals surface area contributed by atoms with E-state index in [9.17, 15) is 0 Å². The second-order valence-electron chi connectivity index (χ2n) is 3.24. The van der Waals surface area contributed by atoms with Crippen molar-refractivity contribution in [3.8, 4) is 0 Å². The van der Waals surface area contributed by atoms with Crippen LogP contribution in [0.5, 0.6) is 0 Å². The lowest BCUT2D eigenvalue weighted by Gasteiger charge is -2.05. The van der Waals surface area contributed by atoms with Crippen molar-refractivity contribution < 1.29 is 0 Å². The number of hydrogen-bond donors (Lipinski definition) is 1. The van der Waals surface area contributed by atoms with E-state index in [1.165, 1.54) is 5.39 Å². The lowest BCUT2D eigenvalue weighted by molar-refractivity contribution is 0.784. The Labute approximate surface area is 77.4 Å². The Bertz CT molecular complexity index is 421. The SMILES string of the molecule is C[C@@H](N)c1cc2ccccc2cn1. The Balaban J connectivity index is 2.62. The largest absolute Gasteiger partial charge is 0.323 e. The third-order valence-corrected chi connectivity index (χ3v) is 2.12. The first-order chi connectivity index (χ1) is 6.27. The maximum atomic E-state index is 5.74. The van der Waals surface area contributed by atoms with Gasteiger partial charge < -0.3 is 5.73 Å². The fourth-order valence-electron chi connectivity index (χ4n) is 1.35. The zero-order valence-corrected chi connectivity index (χ0v) is 7.57. The van der Waals surface area contributed by atoms with Crippen molar-refractivity contribution in [3.05, 3.63) is 42.2 Å². The Morgan fingerprint density at radius 3 is 2.62 bits per heavy atom. The fourth-order valence-corrected chi connectivity index (χ4v) is 1.35. The summed E-state index contributed by atoms with van der Waals surface area (Å²) >= 11 is 0. The summed E-state index contributed by atoms with van der Waals surface area (Å²) in [5.74, 6) is 0. The van der Waals surface area contributed by atoms with Crippen molar-refractivity contribution in [2.24, 2.45) is 5.73 Å². The molecule has 2 heteroatoms. The van der Waals surface area contributed by atoms with E-state index in [0.29, 0.717) is 0 Å². The fraction of sp³-hybridized carbons (Fsp3) is 0.182. The predicted molar refractivity (Wildman–Crippen MR) is 54.3 cm³/mol. The predicted octanol–water partition coefficient (Wildman–Crippen LogP) is 2.25. The number of hydrogen-bond acceptors (Lipinski definition) is 2. The van der Waals surface area contributed by atoms with Crippen LogP contribution < -0.4 is 5.73 Å². The van der Waals surface area contributed by atoms with Crippen LogP contribution in [-0.2, 0) is 0 Å². The molecule has 1 aromatic heterocycles. The standard InChI is InChI=1S/C11H12N2/c1-8(12)11-6-9-4-2-3-5-10(9)7-13-11/h2-8H,12H2,1H3/t8-/m1/s1. The number of fused-ring (bicyclic) bond motifs is 1. The van der Waals surface area contributed by atoms with E-state index in [1.807, 2.05) is 37.4 Å². The average molecular weight is 172 g/mol. The summed E-state index contributed by atoms with van der Waals surface area (Å²) in [4.78, 5) is 4.28. The summed E-state index contributed by atoms with van der Waals surface area (Å²) in [5, 5.41) is 2.36. The molecule has 13 heavy (non-hydrogen) atoms. The second-order valence-corrected chi connectivity index (χ2v) is 3.24. The van der Waals surface area contributed by atoms with Gasteiger partial charge in [-0.1, -0.05) is 24.3 Å². The van der Waals surface area contributed by atoms with Gasteiger partial charge >= 0.3 is 0 Å². The van der Waals surface area contributed by atoms with Gasteiger partial charge in [-0.3, -0.25) is 4.98 Å². The summed E-state index contributed by atoms with van der Waals surface area (Å²) in [7, 11) is 0. The number of nitrogens with zero attached hydrogens (tertiary/aromatic N) is 1. The maximum Gasteiger partial charge on any atom is 0.0574 e. The number of benzene rings is 1. The van der Waals surface area contributed by atoms with Crippen molar-refractivity contribution in [3.63, 3.8) is 0 Å². The zero-order valence-electron chi connectivity index (χ0n) is 7.57. The van der Waals surface area contributed by atoms with Gasteiger partial charge in [0.15, 0.2) is 0 Å². The Morgan fingerprint density at radius 2 is 1.92 bits per heavy atom. The van der Waals surface area contributed by atoms with Crippen LogP contribution in [0.3, 0.4) is 0 Å². The van der Waals surface area contributed by atoms with Crippen LogP contribution in [0, 0.1) is 0 Å². The molecule has 2 N–H and O–H groups in total. The lowest BCUT2D eigenvalue weighted by Crippen LogP contribution is -2.06.